The van der Waals surface area contributed by atoms with Gasteiger partial charge in [0, 0.05) is 3.57 Å². The number of esters is 2. The lowest BCUT2D eigenvalue weighted by molar-refractivity contribution is -0.256. The van der Waals surface area contributed by atoms with Crippen LogP contribution in [0.25, 0.3) is 0 Å². The first-order valence-corrected chi connectivity index (χ1v) is 12.0. The predicted molar refractivity (Wildman–Crippen MR) is 116 cm³/mol. The van der Waals surface area contributed by atoms with Gasteiger partial charge in [0.25, 0.3) is 10.1 Å². The third-order valence-corrected chi connectivity index (χ3v) is 6.25. The quantitative estimate of drug-likeness (QED) is 0.194. The van der Waals surface area contributed by atoms with Gasteiger partial charge < -0.3 is 9.47 Å². The summed E-state index contributed by atoms with van der Waals surface area (Å²) in [6.07, 6.45) is -6.61. The molecule has 0 aliphatic rings. The molecule has 0 aliphatic heterocycles. The van der Waals surface area contributed by atoms with Crippen molar-refractivity contribution in [3.63, 3.8) is 0 Å². The number of ether oxygens (including phenoxy) is 2. The summed E-state index contributed by atoms with van der Waals surface area (Å²) in [7, 11) is -5.09. The molecule has 1 atom stereocenters. The molecule has 0 aromatic heterocycles. The Labute approximate surface area is 199 Å². The van der Waals surface area contributed by atoms with Crippen LogP contribution in [0.4, 0.5) is 13.2 Å². The first-order chi connectivity index (χ1) is 12.5. The molecule has 28 heavy (non-hydrogen) atoms. The number of alkyl halides is 3. The highest BCUT2D eigenvalue weighted by atomic mass is 127. The number of hydrogen-bond acceptors (Lipinski definition) is 6. The number of hydrogen-bond donors (Lipinski definition) is 1. The van der Waals surface area contributed by atoms with E-state index in [0.29, 0.717) is 14.1 Å². The average Bonchev–Trinajstić information content (AvgIpc) is 2.45. The zero-order valence-electron chi connectivity index (χ0n) is 13.8. The molecular formula is C14H12F3I3O7S. The predicted octanol–water partition coefficient (Wildman–Crippen LogP) is 3.94. The molecule has 1 aromatic rings. The first kappa shape index (κ1) is 26.1. The summed E-state index contributed by atoms with van der Waals surface area (Å²) in [5.74, 6) is -3.95. The van der Waals surface area contributed by atoms with Crippen LogP contribution in [-0.4, -0.2) is 42.4 Å². The standard InChI is InChI=1S/C14H12F3I3O7S/c1-13(14(15,16)17,6-28(23,24)25)27-11(22)3-2-10(21)26-12-8(19)4-7(18)5-9(12)20/h4-5H,2-3,6H2,1H3,(H,23,24,25). The van der Waals surface area contributed by atoms with Gasteiger partial charge in [0.05, 0.1) is 20.0 Å². The van der Waals surface area contributed by atoms with Crippen LogP contribution in [-0.2, 0) is 24.4 Å². The van der Waals surface area contributed by atoms with Crippen molar-refractivity contribution in [2.45, 2.75) is 31.5 Å². The molecular weight excluding hydrogens is 750 g/mol. The number of benzene rings is 1. The Morgan fingerprint density at radius 3 is 1.96 bits per heavy atom. The highest BCUT2D eigenvalue weighted by Crippen LogP contribution is 2.35. The van der Waals surface area contributed by atoms with Crippen LogP contribution in [0, 0.1) is 10.7 Å². The molecule has 0 spiro atoms. The minimum atomic E-state index is -5.26. The van der Waals surface area contributed by atoms with E-state index in [-0.39, 0.29) is 5.75 Å². The molecule has 1 unspecified atom stereocenters. The van der Waals surface area contributed by atoms with Gasteiger partial charge in [0.1, 0.15) is 5.75 Å². The number of carbonyl (C=O) groups is 2. The van der Waals surface area contributed by atoms with Gasteiger partial charge in [0.15, 0.2) is 5.75 Å². The van der Waals surface area contributed by atoms with Crippen LogP contribution in [0.15, 0.2) is 12.1 Å². The van der Waals surface area contributed by atoms with Crippen molar-refractivity contribution >= 4 is 89.8 Å². The second kappa shape index (κ2) is 9.90. The van der Waals surface area contributed by atoms with E-state index in [1.165, 1.54) is 0 Å². The fourth-order valence-corrected chi connectivity index (χ4v) is 6.54. The second-order valence-electron chi connectivity index (χ2n) is 5.60. The maximum atomic E-state index is 13.1. The molecule has 0 saturated carbocycles. The van der Waals surface area contributed by atoms with Crippen molar-refractivity contribution in [3.8, 4) is 5.75 Å². The highest BCUT2D eigenvalue weighted by Gasteiger charge is 2.57. The summed E-state index contributed by atoms with van der Waals surface area (Å²) in [4.78, 5) is 23.6. The molecule has 0 fully saturated rings. The normalized spacial score (nSPS) is 14.3. The monoisotopic (exact) mass is 762 g/mol. The Balaban J connectivity index is 2.76. The molecule has 14 heteroatoms. The lowest BCUT2D eigenvalue weighted by Crippen LogP contribution is -2.51. The van der Waals surface area contributed by atoms with Crippen LogP contribution in [0.5, 0.6) is 5.75 Å². The Bertz CT molecular complexity index is 850. The fraction of sp³-hybridized carbons (Fsp3) is 0.429. The van der Waals surface area contributed by atoms with E-state index >= 15 is 0 Å². The summed E-state index contributed by atoms with van der Waals surface area (Å²) < 4.78 is 81.0. The number of rotatable bonds is 7. The van der Waals surface area contributed by atoms with Crippen molar-refractivity contribution in [2.24, 2.45) is 0 Å². The van der Waals surface area contributed by atoms with Gasteiger partial charge >= 0.3 is 18.1 Å². The molecule has 0 radical (unpaired) electrons. The van der Waals surface area contributed by atoms with Crippen molar-refractivity contribution in [3.05, 3.63) is 22.8 Å². The van der Waals surface area contributed by atoms with E-state index in [9.17, 15) is 31.2 Å². The van der Waals surface area contributed by atoms with Gasteiger partial charge in [-0.25, -0.2) is 0 Å². The Morgan fingerprint density at radius 2 is 1.54 bits per heavy atom. The van der Waals surface area contributed by atoms with Gasteiger partial charge in [0.2, 0.25) is 5.60 Å². The molecule has 1 aromatic carbocycles. The molecule has 158 valence electrons. The van der Waals surface area contributed by atoms with Crippen LogP contribution < -0.4 is 4.74 Å². The summed E-state index contributed by atoms with van der Waals surface area (Å²) in [5.41, 5.74) is -3.46. The Kier molecular flexibility index (Phi) is 9.23. The van der Waals surface area contributed by atoms with E-state index in [1.807, 2.05) is 45.2 Å². The third kappa shape index (κ3) is 8.05. The molecule has 0 aliphatic carbocycles. The highest BCUT2D eigenvalue weighted by molar-refractivity contribution is 14.1. The van der Waals surface area contributed by atoms with Crippen LogP contribution in [0.1, 0.15) is 19.8 Å². The molecule has 1 N–H and O–H groups in total. The number of carbonyl (C=O) groups excluding carboxylic acids is 2. The zero-order chi connectivity index (χ0) is 21.9. The summed E-state index contributed by atoms with van der Waals surface area (Å²) in [6.45, 7) is 0.313. The van der Waals surface area contributed by atoms with Gasteiger partial charge in [-0.2, -0.15) is 21.6 Å². The minimum Gasteiger partial charge on any atom is -0.448 e. The van der Waals surface area contributed by atoms with Crippen LogP contribution >= 0.6 is 67.8 Å². The van der Waals surface area contributed by atoms with Gasteiger partial charge in [-0.1, -0.05) is 0 Å². The van der Waals surface area contributed by atoms with E-state index < -0.39 is 52.4 Å². The third-order valence-electron chi connectivity index (χ3n) is 3.11. The summed E-state index contributed by atoms with van der Waals surface area (Å²) in [6, 6.07) is 3.48. The Hall–Kier alpha value is 0.0500. The SMILES string of the molecule is CC(CS(=O)(=O)O)(OC(=O)CCC(=O)Oc1c(I)cc(I)cc1I)C(F)(F)F. The molecule has 0 bridgehead atoms. The summed E-state index contributed by atoms with van der Waals surface area (Å²) >= 11 is 5.95. The lowest BCUT2D eigenvalue weighted by atomic mass is 10.1. The van der Waals surface area contributed by atoms with Gasteiger partial charge in [-0.05, 0) is 86.8 Å². The average molecular weight is 762 g/mol. The second-order valence-corrected chi connectivity index (χ2v) is 10.6. The van der Waals surface area contributed by atoms with E-state index in [0.717, 1.165) is 3.57 Å². The molecule has 0 saturated heterocycles. The zero-order valence-corrected chi connectivity index (χ0v) is 21.1. The van der Waals surface area contributed by atoms with Gasteiger partial charge in [-0.15, -0.1) is 0 Å². The fourth-order valence-electron chi connectivity index (χ4n) is 1.81. The number of halogens is 6. The largest absolute Gasteiger partial charge is 0.448 e. The van der Waals surface area contributed by atoms with Crippen LogP contribution in [0.2, 0.25) is 0 Å². The van der Waals surface area contributed by atoms with Crippen molar-refractivity contribution < 1.29 is 45.2 Å². The molecule has 1 rings (SSSR count). The van der Waals surface area contributed by atoms with E-state index in [2.05, 4.69) is 27.3 Å². The molecule has 0 amide bonds. The molecule has 7 nitrogen and oxygen atoms in total. The van der Waals surface area contributed by atoms with Gasteiger partial charge in [-0.3, -0.25) is 14.1 Å². The minimum absolute atomic E-state index is 0.256. The maximum Gasteiger partial charge on any atom is 0.429 e. The van der Waals surface area contributed by atoms with Crippen molar-refractivity contribution in [1.29, 1.82) is 0 Å². The van der Waals surface area contributed by atoms with E-state index in [1.54, 1.807) is 12.1 Å². The first-order valence-electron chi connectivity index (χ1n) is 7.13. The van der Waals surface area contributed by atoms with E-state index in [4.69, 9.17) is 9.29 Å². The topological polar surface area (TPSA) is 107 Å². The van der Waals surface area contributed by atoms with Crippen LogP contribution in [0.3, 0.4) is 0 Å². The van der Waals surface area contributed by atoms with Crippen molar-refractivity contribution in [1.82, 2.24) is 0 Å². The summed E-state index contributed by atoms with van der Waals surface area (Å²) in [5, 5.41) is 0. The van der Waals surface area contributed by atoms with Crippen molar-refractivity contribution in [2.75, 3.05) is 5.75 Å². The lowest BCUT2D eigenvalue weighted by Gasteiger charge is -2.30. The maximum absolute atomic E-state index is 13.1. The Morgan fingerprint density at radius 1 is 1.07 bits per heavy atom. The molecule has 0 heterocycles. The smallest absolute Gasteiger partial charge is 0.429 e.